The maximum Gasteiger partial charge on any atom is 0.243 e. The minimum atomic E-state index is -3.59. The molecule has 0 spiro atoms. The van der Waals surface area contributed by atoms with Gasteiger partial charge in [0.25, 0.3) is 0 Å². The first-order valence-corrected chi connectivity index (χ1v) is 12.4. The fraction of sp³-hybridized carbons (Fsp3) is 0.409. The number of halogens is 1. The largest absolute Gasteiger partial charge is 0.377 e. The van der Waals surface area contributed by atoms with E-state index in [0.717, 1.165) is 10.0 Å². The van der Waals surface area contributed by atoms with E-state index in [1.807, 2.05) is 30.3 Å². The molecule has 2 aromatic carbocycles. The number of piperidine rings is 1. The van der Waals surface area contributed by atoms with Gasteiger partial charge in [0, 0.05) is 30.7 Å². The average Bonchev–Trinajstić information content (AvgIpc) is 2.77. The lowest BCUT2D eigenvalue weighted by Crippen LogP contribution is -2.45. The zero-order chi connectivity index (χ0) is 21.4. The lowest BCUT2D eigenvalue weighted by atomic mass is 9.99. The number of carbonyl (C=O) groups is 1. The first-order valence-electron chi connectivity index (χ1n) is 10.1. The Morgan fingerprint density at radius 1 is 1.13 bits per heavy atom. The molecule has 0 aromatic heterocycles. The molecule has 1 amide bonds. The van der Waals surface area contributed by atoms with Gasteiger partial charge in [-0.2, -0.15) is 4.31 Å². The Balaban J connectivity index is 1.42. The highest BCUT2D eigenvalue weighted by Gasteiger charge is 2.33. The summed E-state index contributed by atoms with van der Waals surface area (Å²) in [5.41, 5.74) is 1.12. The molecule has 1 saturated heterocycles. The number of ether oxygens (including phenoxy) is 1. The van der Waals surface area contributed by atoms with Gasteiger partial charge in [0.05, 0.1) is 17.4 Å². The minimum absolute atomic E-state index is 0.0891. The smallest absolute Gasteiger partial charge is 0.243 e. The van der Waals surface area contributed by atoms with Crippen molar-refractivity contribution in [2.24, 2.45) is 5.92 Å². The Morgan fingerprint density at radius 2 is 1.87 bits per heavy atom. The summed E-state index contributed by atoms with van der Waals surface area (Å²) in [6.07, 6.45) is 2.09. The van der Waals surface area contributed by atoms with E-state index in [-0.39, 0.29) is 23.3 Å². The van der Waals surface area contributed by atoms with Crippen LogP contribution in [0.5, 0.6) is 0 Å². The third-order valence-corrected chi connectivity index (χ3v) is 7.49. The van der Waals surface area contributed by atoms with Crippen LogP contribution in [0.25, 0.3) is 0 Å². The number of amides is 1. The maximum absolute atomic E-state index is 12.9. The second-order valence-corrected chi connectivity index (χ2v) is 10.2. The van der Waals surface area contributed by atoms with Gasteiger partial charge in [-0.15, -0.1) is 0 Å². The molecule has 6 nitrogen and oxygen atoms in total. The molecule has 162 valence electrons. The molecule has 30 heavy (non-hydrogen) atoms. The second-order valence-electron chi connectivity index (χ2n) is 7.34. The van der Waals surface area contributed by atoms with Crippen LogP contribution in [0.3, 0.4) is 0 Å². The van der Waals surface area contributed by atoms with Crippen molar-refractivity contribution in [3.8, 4) is 0 Å². The molecule has 0 radical (unpaired) electrons. The molecule has 1 heterocycles. The van der Waals surface area contributed by atoms with Crippen LogP contribution >= 0.6 is 15.9 Å². The molecule has 0 aliphatic carbocycles. The number of nitrogens with zero attached hydrogens (tertiary/aromatic N) is 1. The summed E-state index contributed by atoms with van der Waals surface area (Å²) in [5.74, 6) is -0.414. The van der Waals surface area contributed by atoms with Crippen molar-refractivity contribution in [2.45, 2.75) is 30.8 Å². The summed E-state index contributed by atoms with van der Waals surface area (Å²) in [6.45, 7) is 2.29. The zero-order valence-electron chi connectivity index (χ0n) is 16.8. The van der Waals surface area contributed by atoms with Crippen molar-refractivity contribution >= 4 is 31.9 Å². The van der Waals surface area contributed by atoms with E-state index >= 15 is 0 Å². The van der Waals surface area contributed by atoms with E-state index < -0.39 is 10.0 Å². The molecular weight excluding hydrogens is 468 g/mol. The number of nitrogens with one attached hydrogen (secondary N) is 1. The number of hydrogen-bond acceptors (Lipinski definition) is 4. The standard InChI is InChI=1S/C22H27BrN2O4S/c23-20-9-11-21(12-10-20)30(27,28)25-14-4-8-19(16-25)22(26)24-13-5-15-29-17-18-6-2-1-3-7-18/h1-3,6-7,9-12,19H,4-5,8,13-17H2,(H,24,26). The Morgan fingerprint density at radius 3 is 2.60 bits per heavy atom. The van der Waals surface area contributed by atoms with Crippen LogP contribution in [-0.4, -0.2) is 44.9 Å². The van der Waals surface area contributed by atoms with E-state index in [2.05, 4.69) is 21.2 Å². The topological polar surface area (TPSA) is 75.7 Å². The van der Waals surface area contributed by atoms with Crippen molar-refractivity contribution in [3.05, 3.63) is 64.6 Å². The second kappa shape index (κ2) is 11.0. The lowest BCUT2D eigenvalue weighted by Gasteiger charge is -2.31. The Bertz CT molecular complexity index is 920. The molecule has 1 unspecified atom stereocenters. The molecule has 1 fully saturated rings. The van der Waals surface area contributed by atoms with Gasteiger partial charge in [-0.1, -0.05) is 46.3 Å². The number of hydrogen-bond donors (Lipinski definition) is 1. The van der Waals surface area contributed by atoms with Gasteiger partial charge >= 0.3 is 0 Å². The molecule has 8 heteroatoms. The summed E-state index contributed by atoms with van der Waals surface area (Å²) in [4.78, 5) is 12.8. The molecule has 1 atom stereocenters. The Labute approximate surface area is 186 Å². The molecule has 1 aliphatic heterocycles. The van der Waals surface area contributed by atoms with Crippen LogP contribution in [0.1, 0.15) is 24.8 Å². The fourth-order valence-electron chi connectivity index (χ4n) is 3.42. The van der Waals surface area contributed by atoms with E-state index in [0.29, 0.717) is 45.6 Å². The summed E-state index contributed by atoms with van der Waals surface area (Å²) in [6, 6.07) is 16.5. The van der Waals surface area contributed by atoms with E-state index in [9.17, 15) is 13.2 Å². The van der Waals surface area contributed by atoms with Gasteiger partial charge < -0.3 is 10.1 Å². The summed E-state index contributed by atoms with van der Waals surface area (Å²) in [7, 11) is -3.59. The quantitative estimate of drug-likeness (QED) is 0.540. The first-order chi connectivity index (χ1) is 14.5. The van der Waals surface area contributed by atoms with Gasteiger partial charge in [-0.05, 0) is 49.1 Å². The van der Waals surface area contributed by atoms with Gasteiger partial charge in [0.2, 0.25) is 15.9 Å². The number of rotatable bonds is 9. The van der Waals surface area contributed by atoms with E-state index in [4.69, 9.17) is 4.74 Å². The van der Waals surface area contributed by atoms with Crippen LogP contribution in [0.2, 0.25) is 0 Å². The fourth-order valence-corrected chi connectivity index (χ4v) is 5.21. The molecule has 0 saturated carbocycles. The average molecular weight is 495 g/mol. The third kappa shape index (κ3) is 6.38. The van der Waals surface area contributed by atoms with Gasteiger partial charge in [-0.3, -0.25) is 4.79 Å². The number of benzene rings is 2. The van der Waals surface area contributed by atoms with Gasteiger partial charge in [0.15, 0.2) is 0 Å². The normalized spacial score (nSPS) is 17.6. The van der Waals surface area contributed by atoms with Crippen molar-refractivity contribution < 1.29 is 17.9 Å². The van der Waals surface area contributed by atoms with Crippen LogP contribution in [0.4, 0.5) is 0 Å². The summed E-state index contributed by atoms with van der Waals surface area (Å²) < 4.78 is 33.6. The monoisotopic (exact) mass is 494 g/mol. The summed E-state index contributed by atoms with van der Waals surface area (Å²) in [5, 5.41) is 2.92. The van der Waals surface area contributed by atoms with Gasteiger partial charge in [0.1, 0.15) is 0 Å². The van der Waals surface area contributed by atoms with Crippen molar-refractivity contribution in [1.82, 2.24) is 9.62 Å². The SMILES string of the molecule is O=C(NCCCOCc1ccccc1)C1CCCN(S(=O)(=O)c2ccc(Br)cc2)C1. The highest BCUT2D eigenvalue weighted by molar-refractivity contribution is 9.10. The molecule has 2 aromatic rings. The predicted molar refractivity (Wildman–Crippen MR) is 119 cm³/mol. The zero-order valence-corrected chi connectivity index (χ0v) is 19.2. The maximum atomic E-state index is 12.9. The molecule has 3 rings (SSSR count). The van der Waals surface area contributed by atoms with Crippen molar-refractivity contribution in [3.63, 3.8) is 0 Å². The number of carbonyl (C=O) groups excluding carboxylic acids is 1. The Kier molecular flexibility index (Phi) is 8.44. The first kappa shape index (κ1) is 22.9. The van der Waals surface area contributed by atoms with Crippen LogP contribution in [0.15, 0.2) is 64.0 Å². The highest BCUT2D eigenvalue weighted by Crippen LogP contribution is 2.25. The molecular formula is C22H27BrN2O4S. The Hall–Kier alpha value is -1.74. The predicted octanol–water partition coefficient (Wildman–Crippen LogP) is 3.57. The molecule has 0 bridgehead atoms. The number of sulfonamides is 1. The van der Waals surface area contributed by atoms with Crippen molar-refractivity contribution in [2.75, 3.05) is 26.2 Å². The van der Waals surface area contributed by atoms with Crippen LogP contribution in [0, 0.1) is 5.92 Å². The summed E-state index contributed by atoms with van der Waals surface area (Å²) >= 11 is 3.32. The van der Waals surface area contributed by atoms with Crippen molar-refractivity contribution in [1.29, 1.82) is 0 Å². The van der Waals surface area contributed by atoms with E-state index in [1.165, 1.54) is 4.31 Å². The third-order valence-electron chi connectivity index (χ3n) is 5.08. The van der Waals surface area contributed by atoms with Crippen LogP contribution < -0.4 is 5.32 Å². The lowest BCUT2D eigenvalue weighted by molar-refractivity contribution is -0.126. The highest BCUT2D eigenvalue weighted by atomic mass is 79.9. The minimum Gasteiger partial charge on any atom is -0.377 e. The van der Waals surface area contributed by atoms with Gasteiger partial charge in [-0.25, -0.2) is 8.42 Å². The van der Waals surface area contributed by atoms with E-state index in [1.54, 1.807) is 24.3 Å². The van der Waals surface area contributed by atoms with Crippen LogP contribution in [-0.2, 0) is 26.2 Å². The molecule has 1 N–H and O–H groups in total. The molecule has 1 aliphatic rings.